The highest BCUT2D eigenvalue weighted by molar-refractivity contribution is 5.94. The van der Waals surface area contributed by atoms with E-state index in [9.17, 15) is 9.59 Å². The van der Waals surface area contributed by atoms with Gasteiger partial charge in [0.1, 0.15) is 13.2 Å². The first kappa shape index (κ1) is 19.9. The van der Waals surface area contributed by atoms with Crippen LogP contribution in [-0.4, -0.2) is 25.2 Å². The first-order chi connectivity index (χ1) is 10.7. The summed E-state index contributed by atoms with van der Waals surface area (Å²) in [4.78, 5) is 23.9. The Bertz CT molecular complexity index is 371. The minimum Gasteiger partial charge on any atom is -0.461 e. The Labute approximate surface area is 133 Å². The second-order valence-corrected chi connectivity index (χ2v) is 4.59. The van der Waals surface area contributed by atoms with Crippen LogP contribution in [0.1, 0.15) is 32.6 Å². The van der Waals surface area contributed by atoms with Crippen molar-refractivity contribution in [3.63, 3.8) is 0 Å². The van der Waals surface area contributed by atoms with Gasteiger partial charge in [0.15, 0.2) is 5.92 Å². The third-order valence-corrected chi connectivity index (χ3v) is 2.73. The maximum atomic E-state index is 11.9. The van der Waals surface area contributed by atoms with Gasteiger partial charge < -0.3 is 9.47 Å². The van der Waals surface area contributed by atoms with Crippen LogP contribution in [0.3, 0.4) is 0 Å². The fourth-order valence-electron chi connectivity index (χ4n) is 1.60. The molecule has 0 rings (SSSR count). The van der Waals surface area contributed by atoms with E-state index in [1.54, 1.807) is 24.3 Å². The molecule has 4 nitrogen and oxygen atoms in total. The Morgan fingerprint density at radius 1 is 0.909 bits per heavy atom. The molecule has 0 N–H and O–H groups in total. The predicted octanol–water partition coefficient (Wildman–Crippen LogP) is 3.75. The van der Waals surface area contributed by atoms with Crippen molar-refractivity contribution in [1.29, 1.82) is 0 Å². The molecule has 0 saturated heterocycles. The van der Waals surface area contributed by atoms with E-state index in [1.165, 1.54) is 0 Å². The lowest BCUT2D eigenvalue weighted by Gasteiger charge is -2.13. The molecule has 0 bridgehead atoms. The molecule has 1 unspecified atom stereocenters. The number of carbonyl (C=O) groups is 2. The highest BCUT2D eigenvalue weighted by atomic mass is 16.6. The van der Waals surface area contributed by atoms with Crippen molar-refractivity contribution in [2.75, 3.05) is 13.2 Å². The van der Waals surface area contributed by atoms with Crippen LogP contribution in [0.4, 0.5) is 0 Å². The molecule has 22 heavy (non-hydrogen) atoms. The fourth-order valence-corrected chi connectivity index (χ4v) is 1.60. The highest BCUT2D eigenvalue weighted by Crippen LogP contribution is 2.11. The van der Waals surface area contributed by atoms with Crippen molar-refractivity contribution in [2.24, 2.45) is 5.92 Å². The van der Waals surface area contributed by atoms with Gasteiger partial charge in [0.05, 0.1) is 0 Å². The van der Waals surface area contributed by atoms with Crippen LogP contribution >= 0.6 is 0 Å². The molecule has 0 aromatic heterocycles. The van der Waals surface area contributed by atoms with E-state index >= 15 is 0 Å². The number of allylic oxidation sites excluding steroid dienone is 4. The third kappa shape index (κ3) is 9.75. The molecule has 0 amide bonds. The van der Waals surface area contributed by atoms with Gasteiger partial charge in [0.25, 0.3) is 0 Å². The molecule has 0 aromatic carbocycles. The first-order valence-corrected chi connectivity index (χ1v) is 7.52. The van der Waals surface area contributed by atoms with E-state index in [4.69, 9.17) is 9.47 Å². The molecule has 0 spiro atoms. The van der Waals surface area contributed by atoms with E-state index in [0.717, 1.165) is 12.8 Å². The van der Waals surface area contributed by atoms with E-state index in [2.05, 4.69) is 13.2 Å². The van der Waals surface area contributed by atoms with Gasteiger partial charge in [0, 0.05) is 0 Å². The van der Waals surface area contributed by atoms with Crippen LogP contribution in [0.25, 0.3) is 0 Å². The number of hydrogen-bond donors (Lipinski definition) is 0. The van der Waals surface area contributed by atoms with E-state index in [0.29, 0.717) is 12.8 Å². The van der Waals surface area contributed by atoms with Gasteiger partial charge in [0.2, 0.25) is 0 Å². The van der Waals surface area contributed by atoms with E-state index in [1.807, 2.05) is 19.1 Å². The maximum absolute atomic E-state index is 11.9. The van der Waals surface area contributed by atoms with Crippen LogP contribution in [0, 0.1) is 5.92 Å². The minimum atomic E-state index is -0.856. The van der Waals surface area contributed by atoms with Crippen molar-refractivity contribution >= 4 is 11.9 Å². The summed E-state index contributed by atoms with van der Waals surface area (Å²) >= 11 is 0. The highest BCUT2D eigenvalue weighted by Gasteiger charge is 2.28. The van der Waals surface area contributed by atoms with Gasteiger partial charge in [-0.2, -0.15) is 0 Å². The summed E-state index contributed by atoms with van der Waals surface area (Å²) in [7, 11) is 0. The molecule has 4 heteroatoms. The summed E-state index contributed by atoms with van der Waals surface area (Å²) in [5.41, 5.74) is 0. The lowest BCUT2D eigenvalue weighted by atomic mass is 10.0. The Kier molecular flexibility index (Phi) is 12.5. The first-order valence-electron chi connectivity index (χ1n) is 7.52. The number of hydrogen-bond acceptors (Lipinski definition) is 4. The van der Waals surface area contributed by atoms with Gasteiger partial charge in [-0.15, -0.1) is 13.2 Å². The zero-order valence-electron chi connectivity index (χ0n) is 13.3. The number of ether oxygens (including phenoxy) is 2. The van der Waals surface area contributed by atoms with Gasteiger partial charge in [-0.05, 0) is 19.3 Å². The molecule has 1 atom stereocenters. The third-order valence-electron chi connectivity index (χ3n) is 2.73. The summed E-state index contributed by atoms with van der Waals surface area (Å²) in [6, 6.07) is 0. The topological polar surface area (TPSA) is 52.6 Å². The molecule has 122 valence electrons. The second-order valence-electron chi connectivity index (χ2n) is 4.59. The molecule has 0 aliphatic heterocycles. The summed E-state index contributed by atoms with van der Waals surface area (Å²) in [6.45, 7) is 9.38. The standard InChI is InChI=1S/C18H26O4/c1-4-7-9-11-14-21-17(19)16(13-6-3)18(20)22-15-12-10-8-5-2/h4-5,9-12,16H,1-2,6-8,13-15H2,3H3/b11-9-,12-10+. The molecule has 0 aliphatic rings. The Balaban J connectivity index is 4.30. The zero-order valence-corrected chi connectivity index (χ0v) is 13.3. The van der Waals surface area contributed by atoms with Crippen molar-refractivity contribution in [1.82, 2.24) is 0 Å². The van der Waals surface area contributed by atoms with Crippen LogP contribution in [0.15, 0.2) is 49.6 Å². The normalized spacial score (nSPS) is 12.2. The maximum Gasteiger partial charge on any atom is 0.320 e. The van der Waals surface area contributed by atoms with Crippen molar-refractivity contribution in [3.8, 4) is 0 Å². The number of carbonyl (C=O) groups excluding carboxylic acids is 2. The summed E-state index contributed by atoms with van der Waals surface area (Å²) < 4.78 is 10.2. The van der Waals surface area contributed by atoms with Crippen LogP contribution < -0.4 is 0 Å². The molecule has 0 aliphatic carbocycles. The lowest BCUT2D eigenvalue weighted by Crippen LogP contribution is -2.28. The smallest absolute Gasteiger partial charge is 0.320 e. The monoisotopic (exact) mass is 306 g/mol. The quantitative estimate of drug-likeness (QED) is 0.313. The van der Waals surface area contributed by atoms with Gasteiger partial charge in [-0.1, -0.05) is 49.8 Å². The molecule has 0 radical (unpaired) electrons. The van der Waals surface area contributed by atoms with Crippen molar-refractivity contribution in [2.45, 2.75) is 32.6 Å². The Morgan fingerprint density at radius 3 is 1.73 bits per heavy atom. The zero-order chi connectivity index (χ0) is 16.6. The fraction of sp³-hybridized carbons (Fsp3) is 0.444. The predicted molar refractivity (Wildman–Crippen MR) is 88.2 cm³/mol. The minimum absolute atomic E-state index is 0.152. The van der Waals surface area contributed by atoms with Crippen LogP contribution in [0.2, 0.25) is 0 Å². The second kappa shape index (κ2) is 13.9. The lowest BCUT2D eigenvalue weighted by molar-refractivity contribution is -0.161. The molecule has 0 saturated carbocycles. The largest absolute Gasteiger partial charge is 0.461 e. The molecule has 0 heterocycles. The van der Waals surface area contributed by atoms with Crippen LogP contribution in [0.5, 0.6) is 0 Å². The van der Waals surface area contributed by atoms with Gasteiger partial charge >= 0.3 is 11.9 Å². The van der Waals surface area contributed by atoms with E-state index in [-0.39, 0.29) is 13.2 Å². The van der Waals surface area contributed by atoms with Gasteiger partial charge in [-0.25, -0.2) is 0 Å². The molecule has 0 fully saturated rings. The van der Waals surface area contributed by atoms with E-state index < -0.39 is 17.9 Å². The Morgan fingerprint density at radius 2 is 1.36 bits per heavy atom. The average molecular weight is 306 g/mol. The summed E-state index contributed by atoms with van der Waals surface area (Å²) in [6.07, 6.45) is 13.2. The SMILES string of the molecule is C=CC/C=C\COC(=O)C(CCC)C(=O)OC/C=C/CC=C. The molecular weight excluding hydrogens is 280 g/mol. The van der Waals surface area contributed by atoms with Gasteiger partial charge in [-0.3, -0.25) is 9.59 Å². The molecule has 0 aromatic rings. The Hall–Kier alpha value is -2.10. The van der Waals surface area contributed by atoms with Crippen molar-refractivity contribution in [3.05, 3.63) is 49.6 Å². The van der Waals surface area contributed by atoms with Crippen LogP contribution in [-0.2, 0) is 19.1 Å². The van der Waals surface area contributed by atoms with Crippen molar-refractivity contribution < 1.29 is 19.1 Å². The number of esters is 2. The summed E-state index contributed by atoms with van der Waals surface area (Å²) in [5.74, 6) is -1.93. The molecular formula is C18H26O4. The average Bonchev–Trinajstić information content (AvgIpc) is 2.51. The summed E-state index contributed by atoms with van der Waals surface area (Å²) in [5, 5.41) is 0. The number of rotatable bonds is 12.